The number of aryl methyl sites for hydroxylation is 1. The maximum Gasteiger partial charge on any atom is 0.239 e. The van der Waals surface area contributed by atoms with Gasteiger partial charge in [0.05, 0.1) is 13.2 Å². The smallest absolute Gasteiger partial charge is 0.239 e. The van der Waals surface area contributed by atoms with Gasteiger partial charge >= 0.3 is 0 Å². The number of hydrogen-bond acceptors (Lipinski definition) is 3. The highest BCUT2D eigenvalue weighted by molar-refractivity contribution is 5.86. The lowest BCUT2D eigenvalue weighted by Crippen LogP contribution is -2.43. The molecule has 0 radical (unpaired) electrons. The molecular weight excluding hydrogens is 316 g/mol. The molecule has 25 heavy (non-hydrogen) atoms. The number of carbonyl (C=O) groups is 1. The molecule has 6 heteroatoms. The Hall–Kier alpha value is -2.24. The van der Waals surface area contributed by atoms with Crippen LogP contribution in [0, 0.1) is 12.8 Å². The number of nitrogens with zero attached hydrogens (tertiary/aromatic N) is 1. The predicted octanol–water partition coefficient (Wildman–Crippen LogP) is 1.98. The average molecular weight is 346 g/mol. The minimum atomic E-state index is -0.0337. The van der Waals surface area contributed by atoms with Gasteiger partial charge in [-0.3, -0.25) is 9.79 Å². The van der Waals surface area contributed by atoms with Crippen molar-refractivity contribution in [3.8, 4) is 5.75 Å². The number of nitrogens with one attached hydrogen (secondary N) is 3. The van der Waals surface area contributed by atoms with E-state index in [1.54, 1.807) is 7.05 Å². The van der Waals surface area contributed by atoms with Crippen LogP contribution in [0.1, 0.15) is 37.3 Å². The minimum absolute atomic E-state index is 0.0337. The van der Waals surface area contributed by atoms with Gasteiger partial charge in [0.1, 0.15) is 5.75 Å². The van der Waals surface area contributed by atoms with Crippen molar-refractivity contribution in [2.45, 2.75) is 39.7 Å². The summed E-state index contributed by atoms with van der Waals surface area (Å²) in [4.78, 5) is 15.8. The zero-order valence-corrected chi connectivity index (χ0v) is 15.5. The fourth-order valence-corrected chi connectivity index (χ4v) is 2.32. The van der Waals surface area contributed by atoms with Crippen molar-refractivity contribution < 1.29 is 9.53 Å². The van der Waals surface area contributed by atoms with E-state index in [2.05, 4.69) is 46.1 Å². The Balaban J connectivity index is 1.84. The summed E-state index contributed by atoms with van der Waals surface area (Å²) in [5.74, 6) is 2.21. The summed E-state index contributed by atoms with van der Waals surface area (Å²) >= 11 is 0. The third-order valence-corrected chi connectivity index (χ3v) is 4.05. The van der Waals surface area contributed by atoms with E-state index in [9.17, 15) is 4.79 Å². The Kier molecular flexibility index (Phi) is 7.57. The van der Waals surface area contributed by atoms with E-state index in [-0.39, 0.29) is 12.5 Å². The Morgan fingerprint density at radius 3 is 2.76 bits per heavy atom. The summed E-state index contributed by atoms with van der Waals surface area (Å²) in [5.41, 5.74) is 2.27. The van der Waals surface area contributed by atoms with E-state index in [0.717, 1.165) is 30.3 Å². The van der Waals surface area contributed by atoms with Crippen molar-refractivity contribution in [3.63, 3.8) is 0 Å². The molecule has 0 bridgehead atoms. The second-order valence-corrected chi connectivity index (χ2v) is 6.49. The van der Waals surface area contributed by atoms with Crippen LogP contribution in [0.15, 0.2) is 23.2 Å². The molecule has 1 amide bonds. The topological polar surface area (TPSA) is 74.8 Å². The number of rotatable bonds is 9. The van der Waals surface area contributed by atoms with Crippen LogP contribution < -0.4 is 20.7 Å². The van der Waals surface area contributed by atoms with Gasteiger partial charge in [-0.1, -0.05) is 19.1 Å². The van der Waals surface area contributed by atoms with Crippen molar-refractivity contribution in [1.29, 1.82) is 0 Å². The van der Waals surface area contributed by atoms with Crippen LogP contribution in [0.25, 0.3) is 0 Å². The van der Waals surface area contributed by atoms with Crippen LogP contribution in [0.3, 0.4) is 0 Å². The summed E-state index contributed by atoms with van der Waals surface area (Å²) in [6.07, 6.45) is 3.47. The molecule has 1 aromatic carbocycles. The fraction of sp³-hybridized carbons (Fsp3) is 0.579. The van der Waals surface area contributed by atoms with Crippen LogP contribution in [0.4, 0.5) is 0 Å². The predicted molar refractivity (Wildman–Crippen MR) is 101 cm³/mol. The van der Waals surface area contributed by atoms with Crippen LogP contribution >= 0.6 is 0 Å². The van der Waals surface area contributed by atoms with E-state index >= 15 is 0 Å². The summed E-state index contributed by atoms with van der Waals surface area (Å²) < 4.78 is 5.99. The van der Waals surface area contributed by atoms with Crippen molar-refractivity contribution in [2.75, 3.05) is 26.7 Å². The molecular formula is C19H30N4O2. The average Bonchev–Trinajstić information content (AvgIpc) is 3.43. The summed E-state index contributed by atoms with van der Waals surface area (Å²) in [6.45, 7) is 6.38. The first-order chi connectivity index (χ1) is 12.1. The molecule has 6 nitrogen and oxygen atoms in total. The molecule has 2 rings (SSSR count). The number of ether oxygens (including phenoxy) is 1. The second-order valence-electron chi connectivity index (χ2n) is 6.49. The van der Waals surface area contributed by atoms with E-state index in [0.29, 0.717) is 19.0 Å². The molecule has 138 valence electrons. The van der Waals surface area contributed by atoms with Gasteiger partial charge in [0, 0.05) is 25.7 Å². The molecule has 0 unspecified atom stereocenters. The lowest BCUT2D eigenvalue weighted by Gasteiger charge is -2.15. The van der Waals surface area contributed by atoms with Crippen LogP contribution in [0.2, 0.25) is 0 Å². The van der Waals surface area contributed by atoms with Crippen LogP contribution in [-0.4, -0.2) is 38.6 Å². The molecule has 1 aliphatic carbocycles. The van der Waals surface area contributed by atoms with E-state index < -0.39 is 0 Å². The Labute approximate surface area is 150 Å². The molecule has 1 saturated carbocycles. The Bertz CT molecular complexity index is 597. The van der Waals surface area contributed by atoms with Gasteiger partial charge in [0.2, 0.25) is 5.91 Å². The van der Waals surface area contributed by atoms with Crippen molar-refractivity contribution in [3.05, 3.63) is 29.3 Å². The molecule has 1 fully saturated rings. The van der Waals surface area contributed by atoms with Crippen molar-refractivity contribution in [1.82, 2.24) is 16.0 Å². The van der Waals surface area contributed by atoms with Gasteiger partial charge in [-0.15, -0.1) is 0 Å². The third kappa shape index (κ3) is 7.03. The zero-order chi connectivity index (χ0) is 18.1. The highest BCUT2D eigenvalue weighted by Gasteiger charge is 2.22. The molecule has 0 saturated heterocycles. The maximum absolute atomic E-state index is 11.7. The second kappa shape index (κ2) is 9.91. The fourth-order valence-electron chi connectivity index (χ4n) is 2.32. The molecule has 1 aromatic rings. The van der Waals surface area contributed by atoms with E-state index in [4.69, 9.17) is 4.74 Å². The van der Waals surface area contributed by atoms with Crippen LogP contribution in [0.5, 0.6) is 5.75 Å². The van der Waals surface area contributed by atoms with Gasteiger partial charge in [-0.2, -0.15) is 0 Å². The first-order valence-corrected chi connectivity index (χ1v) is 9.06. The first-order valence-electron chi connectivity index (χ1n) is 9.06. The maximum atomic E-state index is 11.7. The monoisotopic (exact) mass is 346 g/mol. The number of carbonyl (C=O) groups excluding carboxylic acids is 1. The number of hydrogen-bond donors (Lipinski definition) is 3. The highest BCUT2D eigenvalue weighted by atomic mass is 16.5. The van der Waals surface area contributed by atoms with E-state index in [1.165, 1.54) is 18.4 Å². The molecule has 1 aliphatic rings. The number of guanidine groups is 1. The summed E-state index contributed by atoms with van der Waals surface area (Å²) in [5, 5.41) is 9.09. The van der Waals surface area contributed by atoms with E-state index in [1.807, 2.05) is 6.92 Å². The molecule has 0 aliphatic heterocycles. The van der Waals surface area contributed by atoms with Gasteiger partial charge < -0.3 is 20.7 Å². The minimum Gasteiger partial charge on any atom is -0.493 e. The van der Waals surface area contributed by atoms with Gasteiger partial charge in [0.15, 0.2) is 5.96 Å². The SMILES string of the molecule is CCCNC(=O)CNC(=NC)NCc1ccc(C)cc1OCC1CC1. The normalized spacial score (nSPS) is 14.1. The standard InChI is InChI=1S/C19H30N4O2/c1-4-9-21-18(24)12-23-19(20-3)22-11-16-8-5-14(2)10-17(16)25-13-15-6-7-15/h5,8,10,15H,4,6-7,9,11-13H2,1-3H3,(H,21,24)(H2,20,22,23). The summed E-state index contributed by atoms with van der Waals surface area (Å²) in [7, 11) is 1.69. The highest BCUT2D eigenvalue weighted by Crippen LogP contribution is 2.30. The van der Waals surface area contributed by atoms with Gasteiger partial charge in [-0.05, 0) is 43.7 Å². The molecule has 3 N–H and O–H groups in total. The quantitative estimate of drug-likeness (QED) is 0.472. The lowest BCUT2D eigenvalue weighted by molar-refractivity contribution is -0.120. The number of amides is 1. The number of aliphatic imine (C=N–C) groups is 1. The van der Waals surface area contributed by atoms with Gasteiger partial charge in [0.25, 0.3) is 0 Å². The summed E-state index contributed by atoms with van der Waals surface area (Å²) in [6, 6.07) is 6.23. The lowest BCUT2D eigenvalue weighted by atomic mass is 10.1. The number of benzene rings is 1. The van der Waals surface area contributed by atoms with Crippen molar-refractivity contribution >= 4 is 11.9 Å². The largest absolute Gasteiger partial charge is 0.493 e. The van der Waals surface area contributed by atoms with Gasteiger partial charge in [-0.25, -0.2) is 0 Å². The van der Waals surface area contributed by atoms with Crippen molar-refractivity contribution in [2.24, 2.45) is 10.9 Å². The molecule has 0 spiro atoms. The zero-order valence-electron chi connectivity index (χ0n) is 15.5. The molecule has 0 aromatic heterocycles. The Morgan fingerprint density at radius 1 is 1.28 bits per heavy atom. The third-order valence-electron chi connectivity index (χ3n) is 4.05. The molecule has 0 atom stereocenters. The first kappa shape index (κ1) is 19.1. The Morgan fingerprint density at radius 2 is 2.08 bits per heavy atom. The molecule has 0 heterocycles. The van der Waals surface area contributed by atoms with Crippen LogP contribution in [-0.2, 0) is 11.3 Å².